The lowest BCUT2D eigenvalue weighted by Crippen LogP contribution is -2.38. The number of rotatable bonds is 2. The second-order valence-corrected chi connectivity index (χ2v) is 10.3. The van der Waals surface area contributed by atoms with Crippen LogP contribution in [0.2, 0.25) is 5.02 Å². The molecule has 0 unspecified atom stereocenters. The Bertz CT molecular complexity index is 886. The second-order valence-electron chi connectivity index (χ2n) is 6.50. The quantitative estimate of drug-likeness (QED) is 0.733. The summed E-state index contributed by atoms with van der Waals surface area (Å²) in [5.41, 5.74) is 0.521. The molecular weight excluding hydrogens is 403 g/mol. The molecule has 0 N–H and O–H groups in total. The van der Waals surface area contributed by atoms with E-state index in [-0.39, 0.29) is 33.7 Å². The fourth-order valence-corrected chi connectivity index (χ4v) is 7.53. The minimum absolute atomic E-state index is 0.0287. The summed E-state index contributed by atoms with van der Waals surface area (Å²) in [5, 5.41) is 0.125. The summed E-state index contributed by atoms with van der Waals surface area (Å²) in [6, 6.07) is 3.80. The lowest BCUT2D eigenvalue weighted by Gasteiger charge is -2.24. The number of amides is 1. The van der Waals surface area contributed by atoms with Gasteiger partial charge in [-0.3, -0.25) is 4.79 Å². The number of hydrogen-bond donors (Lipinski definition) is 0. The Hall–Kier alpha value is -1.16. The first kappa shape index (κ1) is 18.2. The molecule has 3 aliphatic rings. The van der Waals surface area contributed by atoms with Crippen LogP contribution in [0.25, 0.3) is 0 Å². The zero-order chi connectivity index (χ0) is 18.5. The molecule has 0 radical (unpaired) electrons. The maximum atomic E-state index is 13.5. The van der Waals surface area contributed by atoms with E-state index in [0.29, 0.717) is 23.9 Å². The Kier molecular flexibility index (Phi) is 4.75. The average molecular weight is 419 g/mol. The van der Waals surface area contributed by atoms with Crippen molar-refractivity contribution in [3.05, 3.63) is 29.0 Å². The van der Waals surface area contributed by atoms with Gasteiger partial charge in [-0.15, -0.1) is 0 Å². The van der Waals surface area contributed by atoms with E-state index >= 15 is 0 Å². The fourth-order valence-electron chi connectivity index (χ4n) is 3.44. The lowest BCUT2D eigenvalue weighted by molar-refractivity contribution is -0.126. The predicted octanol–water partition coefficient (Wildman–Crippen LogP) is 2.26. The minimum Gasteiger partial charge on any atom is -0.368 e. The number of fused-ring (bicyclic) bond motifs is 1. The molecule has 0 spiro atoms. The molecule has 26 heavy (non-hydrogen) atoms. The van der Waals surface area contributed by atoms with Crippen molar-refractivity contribution >= 4 is 50.0 Å². The number of halogens is 2. The molecule has 0 saturated carbocycles. The molecule has 3 atom stereocenters. The SMILES string of the molecule is O=C(N=C1S[C@@H]2CS(=O)(=O)C[C@@H]2N1c1ccc(F)c(Cl)c1)[C@H]1CCCO1. The van der Waals surface area contributed by atoms with Gasteiger partial charge in [0.2, 0.25) is 0 Å². The van der Waals surface area contributed by atoms with Crippen LogP contribution >= 0.6 is 23.4 Å². The Morgan fingerprint density at radius 3 is 2.88 bits per heavy atom. The molecule has 3 heterocycles. The zero-order valence-electron chi connectivity index (χ0n) is 13.6. The van der Waals surface area contributed by atoms with Crippen LogP contribution in [0.1, 0.15) is 12.8 Å². The van der Waals surface area contributed by atoms with Crippen molar-refractivity contribution in [2.75, 3.05) is 23.0 Å². The van der Waals surface area contributed by atoms with E-state index in [9.17, 15) is 17.6 Å². The van der Waals surface area contributed by atoms with Gasteiger partial charge in [-0.2, -0.15) is 4.99 Å². The molecule has 1 amide bonds. The Labute approximate surface area is 159 Å². The molecule has 3 aliphatic heterocycles. The number of benzene rings is 1. The van der Waals surface area contributed by atoms with E-state index in [0.717, 1.165) is 6.42 Å². The Balaban J connectivity index is 1.70. The van der Waals surface area contributed by atoms with Crippen molar-refractivity contribution in [1.82, 2.24) is 0 Å². The molecule has 1 aromatic rings. The molecular formula is C16H16ClFN2O4S2. The van der Waals surface area contributed by atoms with E-state index in [1.54, 1.807) is 4.90 Å². The van der Waals surface area contributed by atoms with Crippen molar-refractivity contribution in [1.29, 1.82) is 0 Å². The third-order valence-electron chi connectivity index (χ3n) is 4.66. The summed E-state index contributed by atoms with van der Waals surface area (Å²) < 4.78 is 43.0. The van der Waals surface area contributed by atoms with E-state index < -0.39 is 21.8 Å². The smallest absolute Gasteiger partial charge is 0.277 e. The van der Waals surface area contributed by atoms with Crippen molar-refractivity contribution in [3.63, 3.8) is 0 Å². The van der Waals surface area contributed by atoms with E-state index in [4.69, 9.17) is 16.3 Å². The number of carbonyl (C=O) groups is 1. The minimum atomic E-state index is -3.17. The monoisotopic (exact) mass is 418 g/mol. The molecule has 0 bridgehead atoms. The standard InChI is InChI=1S/C16H16ClFN2O4S2/c17-10-6-9(3-4-11(10)18)20-12-7-26(22,23)8-14(12)25-16(20)19-15(21)13-2-1-5-24-13/h3-4,6,12-14H,1-2,5,7-8H2/t12-,13+,14+/m0/s1. The van der Waals surface area contributed by atoms with Gasteiger partial charge in [0.15, 0.2) is 15.0 Å². The number of anilines is 1. The number of carbonyl (C=O) groups excluding carboxylic acids is 1. The van der Waals surface area contributed by atoms with Crippen LogP contribution in [0.4, 0.5) is 10.1 Å². The number of sulfone groups is 1. The van der Waals surface area contributed by atoms with Gasteiger partial charge in [0.25, 0.3) is 5.91 Å². The van der Waals surface area contributed by atoms with E-state index in [1.165, 1.54) is 30.0 Å². The molecule has 0 aromatic heterocycles. The molecule has 4 rings (SSSR count). The topological polar surface area (TPSA) is 76.0 Å². The van der Waals surface area contributed by atoms with Crippen molar-refractivity contribution in [2.45, 2.75) is 30.2 Å². The first-order valence-electron chi connectivity index (χ1n) is 8.19. The number of amidine groups is 1. The molecule has 1 aromatic carbocycles. The summed E-state index contributed by atoms with van der Waals surface area (Å²) in [7, 11) is -3.17. The lowest BCUT2D eigenvalue weighted by atomic mass is 10.2. The maximum absolute atomic E-state index is 13.5. The van der Waals surface area contributed by atoms with Gasteiger partial charge in [-0.05, 0) is 31.0 Å². The average Bonchev–Trinajstić information content (AvgIpc) is 3.25. The Morgan fingerprint density at radius 2 is 2.19 bits per heavy atom. The van der Waals surface area contributed by atoms with Crippen LogP contribution in [0.5, 0.6) is 0 Å². The summed E-state index contributed by atoms with van der Waals surface area (Å²) in [4.78, 5) is 18.3. The summed E-state index contributed by atoms with van der Waals surface area (Å²) in [6.45, 7) is 0.537. The van der Waals surface area contributed by atoms with Crippen LogP contribution in [0.3, 0.4) is 0 Å². The van der Waals surface area contributed by atoms with Crippen LogP contribution in [0.15, 0.2) is 23.2 Å². The zero-order valence-corrected chi connectivity index (χ0v) is 16.0. The summed E-state index contributed by atoms with van der Waals surface area (Å²) in [6.07, 6.45) is 0.893. The second kappa shape index (κ2) is 6.78. The highest BCUT2D eigenvalue weighted by atomic mass is 35.5. The normalized spacial score (nSPS) is 31.5. The van der Waals surface area contributed by atoms with Gasteiger partial charge in [0.05, 0.1) is 22.6 Å². The molecule has 140 valence electrons. The summed E-state index contributed by atoms with van der Waals surface area (Å²) in [5.74, 6) is -0.939. The van der Waals surface area contributed by atoms with Gasteiger partial charge in [0, 0.05) is 17.5 Å². The third kappa shape index (κ3) is 3.37. The number of aliphatic imine (C=N–C) groups is 1. The van der Waals surface area contributed by atoms with Gasteiger partial charge < -0.3 is 9.64 Å². The first-order chi connectivity index (χ1) is 12.3. The molecule has 3 fully saturated rings. The van der Waals surface area contributed by atoms with Gasteiger partial charge in [0.1, 0.15) is 11.9 Å². The fraction of sp³-hybridized carbons (Fsp3) is 0.500. The highest BCUT2D eigenvalue weighted by Crippen LogP contribution is 2.41. The highest BCUT2D eigenvalue weighted by Gasteiger charge is 2.49. The first-order valence-corrected chi connectivity index (χ1v) is 11.3. The number of thioether (sulfide) groups is 1. The Morgan fingerprint density at radius 1 is 1.38 bits per heavy atom. The third-order valence-corrected chi connectivity index (χ3v) is 8.16. The predicted molar refractivity (Wildman–Crippen MR) is 99.1 cm³/mol. The van der Waals surface area contributed by atoms with Gasteiger partial charge in [-0.1, -0.05) is 23.4 Å². The van der Waals surface area contributed by atoms with Crippen LogP contribution in [-0.4, -0.2) is 55.0 Å². The maximum Gasteiger partial charge on any atom is 0.277 e. The number of ether oxygens (including phenoxy) is 1. The molecule has 3 saturated heterocycles. The number of hydrogen-bond acceptors (Lipinski definition) is 5. The van der Waals surface area contributed by atoms with Gasteiger partial charge >= 0.3 is 0 Å². The summed E-state index contributed by atoms with van der Waals surface area (Å²) >= 11 is 7.16. The molecule has 6 nitrogen and oxygen atoms in total. The van der Waals surface area contributed by atoms with Crippen molar-refractivity contribution in [3.8, 4) is 0 Å². The van der Waals surface area contributed by atoms with Crippen LogP contribution in [-0.2, 0) is 19.4 Å². The number of nitrogens with zero attached hydrogens (tertiary/aromatic N) is 2. The van der Waals surface area contributed by atoms with Crippen LogP contribution < -0.4 is 4.90 Å². The van der Waals surface area contributed by atoms with Crippen molar-refractivity contribution in [2.24, 2.45) is 4.99 Å². The molecule has 0 aliphatic carbocycles. The molecule has 10 heteroatoms. The van der Waals surface area contributed by atoms with Crippen molar-refractivity contribution < 1.29 is 22.3 Å². The van der Waals surface area contributed by atoms with Gasteiger partial charge in [-0.25, -0.2) is 12.8 Å². The van der Waals surface area contributed by atoms with Crippen LogP contribution in [0, 0.1) is 5.82 Å². The largest absolute Gasteiger partial charge is 0.368 e. The van der Waals surface area contributed by atoms with E-state index in [1.807, 2.05) is 0 Å². The van der Waals surface area contributed by atoms with E-state index in [2.05, 4.69) is 4.99 Å². The highest BCUT2D eigenvalue weighted by molar-refractivity contribution is 8.16.